The molecule has 0 spiro atoms. The Hall–Kier alpha value is -1.67. The van der Waals surface area contributed by atoms with Gasteiger partial charge in [-0.1, -0.05) is 82.8 Å². The molecule has 3 aromatic rings. The standard InChI is InChI=1S/C19H12Cl4O5S/c20-12-9-13(21)18(23)16(17(12)22)19(29(26,27)28,10-4-2-1-3-5-10)11-6-7-14(24)15(25)8-11/h1-9,24-25H,(H,26,27,28). The van der Waals surface area contributed by atoms with Crippen molar-refractivity contribution in [2.75, 3.05) is 0 Å². The molecule has 0 aliphatic heterocycles. The Morgan fingerprint density at radius 2 is 1.28 bits per heavy atom. The highest BCUT2D eigenvalue weighted by Crippen LogP contribution is 2.53. The Kier molecular flexibility index (Phi) is 5.98. The van der Waals surface area contributed by atoms with Gasteiger partial charge in [-0.15, -0.1) is 0 Å². The fourth-order valence-corrected chi connectivity index (χ4v) is 5.71. The summed E-state index contributed by atoms with van der Waals surface area (Å²) in [5.74, 6) is -1.11. The lowest BCUT2D eigenvalue weighted by atomic mass is 9.83. The van der Waals surface area contributed by atoms with E-state index < -0.39 is 26.4 Å². The molecule has 29 heavy (non-hydrogen) atoms. The topological polar surface area (TPSA) is 94.8 Å². The van der Waals surface area contributed by atoms with Gasteiger partial charge in [-0.2, -0.15) is 8.42 Å². The Labute approximate surface area is 186 Å². The number of rotatable bonds is 4. The summed E-state index contributed by atoms with van der Waals surface area (Å²) in [4.78, 5) is 0. The maximum absolute atomic E-state index is 13.0. The summed E-state index contributed by atoms with van der Waals surface area (Å²) in [7, 11) is -5.07. The third-order valence-corrected chi connectivity index (χ3v) is 7.44. The molecular formula is C19H12Cl4O5S. The van der Waals surface area contributed by atoms with E-state index in [1.54, 1.807) is 18.2 Å². The molecule has 0 radical (unpaired) electrons. The lowest BCUT2D eigenvalue weighted by Gasteiger charge is -2.34. The predicted octanol–water partition coefficient (Wildman–Crippen LogP) is 5.89. The monoisotopic (exact) mass is 492 g/mol. The first-order valence-electron chi connectivity index (χ1n) is 7.90. The first kappa shape index (κ1) is 22.0. The third-order valence-electron chi connectivity index (χ3n) is 4.41. The van der Waals surface area contributed by atoms with E-state index in [0.29, 0.717) is 0 Å². The van der Waals surface area contributed by atoms with Gasteiger partial charge in [0.15, 0.2) is 16.2 Å². The molecule has 0 aromatic heterocycles. The van der Waals surface area contributed by atoms with Gasteiger partial charge in [0.25, 0.3) is 10.1 Å². The third kappa shape index (κ3) is 3.54. The zero-order chi connectivity index (χ0) is 21.6. The normalized spacial score (nSPS) is 13.8. The molecule has 3 N–H and O–H groups in total. The number of phenolic OH excluding ortho intramolecular Hbond substituents is 2. The quantitative estimate of drug-likeness (QED) is 0.182. The van der Waals surface area contributed by atoms with Gasteiger partial charge in [-0.3, -0.25) is 4.55 Å². The zero-order valence-electron chi connectivity index (χ0n) is 14.3. The first-order valence-corrected chi connectivity index (χ1v) is 10.9. The molecule has 0 aliphatic carbocycles. The van der Waals surface area contributed by atoms with Crippen LogP contribution in [0, 0.1) is 0 Å². The predicted molar refractivity (Wildman–Crippen MR) is 114 cm³/mol. The zero-order valence-corrected chi connectivity index (χ0v) is 18.1. The number of hydrogen-bond acceptors (Lipinski definition) is 4. The van der Waals surface area contributed by atoms with Crippen molar-refractivity contribution in [1.29, 1.82) is 0 Å². The second-order valence-electron chi connectivity index (χ2n) is 6.07. The van der Waals surface area contributed by atoms with Crippen molar-refractivity contribution in [3.05, 3.63) is 91.4 Å². The van der Waals surface area contributed by atoms with Crippen LogP contribution in [0.4, 0.5) is 0 Å². The van der Waals surface area contributed by atoms with Gasteiger partial charge in [0.2, 0.25) is 0 Å². The molecule has 3 rings (SSSR count). The average molecular weight is 494 g/mol. The lowest BCUT2D eigenvalue weighted by Crippen LogP contribution is -2.39. The van der Waals surface area contributed by atoms with Crippen LogP contribution in [0.2, 0.25) is 20.1 Å². The minimum atomic E-state index is -5.07. The van der Waals surface area contributed by atoms with Gasteiger partial charge >= 0.3 is 0 Å². The average Bonchev–Trinajstić information content (AvgIpc) is 2.65. The SMILES string of the molecule is O=S(=O)(O)C(c1ccccc1)(c1ccc(O)c(O)c1)c1c(Cl)c(Cl)cc(Cl)c1Cl. The Bertz CT molecular complexity index is 1170. The van der Waals surface area contributed by atoms with Crippen molar-refractivity contribution in [3.63, 3.8) is 0 Å². The van der Waals surface area contributed by atoms with Crippen molar-refractivity contribution < 1.29 is 23.2 Å². The van der Waals surface area contributed by atoms with Crippen molar-refractivity contribution in [2.24, 2.45) is 0 Å². The van der Waals surface area contributed by atoms with E-state index in [2.05, 4.69) is 0 Å². The summed E-state index contributed by atoms with van der Waals surface area (Å²) < 4.78 is 34.1. The molecule has 0 saturated heterocycles. The van der Waals surface area contributed by atoms with E-state index in [-0.39, 0.29) is 36.8 Å². The highest BCUT2D eigenvalue weighted by atomic mass is 35.5. The second-order valence-corrected chi connectivity index (χ2v) is 9.20. The number of hydrogen-bond donors (Lipinski definition) is 3. The van der Waals surface area contributed by atoms with E-state index >= 15 is 0 Å². The molecule has 0 saturated carbocycles. The molecule has 152 valence electrons. The van der Waals surface area contributed by atoms with Crippen LogP contribution in [-0.4, -0.2) is 23.2 Å². The lowest BCUT2D eigenvalue weighted by molar-refractivity contribution is 0.402. The van der Waals surface area contributed by atoms with Crippen LogP contribution < -0.4 is 0 Å². The van der Waals surface area contributed by atoms with Gasteiger partial charge in [0, 0.05) is 5.56 Å². The van der Waals surface area contributed by atoms with Crippen LogP contribution in [-0.2, 0) is 14.9 Å². The van der Waals surface area contributed by atoms with Gasteiger partial charge < -0.3 is 10.2 Å². The van der Waals surface area contributed by atoms with Gasteiger partial charge in [0.05, 0.1) is 20.1 Å². The van der Waals surface area contributed by atoms with Crippen LogP contribution >= 0.6 is 46.4 Å². The van der Waals surface area contributed by atoms with Crippen molar-refractivity contribution in [2.45, 2.75) is 4.75 Å². The van der Waals surface area contributed by atoms with E-state index in [4.69, 9.17) is 46.4 Å². The Morgan fingerprint density at radius 3 is 1.76 bits per heavy atom. The molecule has 10 heteroatoms. The second kappa shape index (κ2) is 7.87. The molecule has 0 fully saturated rings. The summed E-state index contributed by atoms with van der Waals surface area (Å²) in [6, 6.07) is 12.1. The molecule has 5 nitrogen and oxygen atoms in total. The van der Waals surface area contributed by atoms with Crippen LogP contribution in [0.15, 0.2) is 54.6 Å². The molecule has 3 aromatic carbocycles. The summed E-state index contributed by atoms with van der Waals surface area (Å²) >= 11 is 25.0. The Balaban J connectivity index is 2.64. The number of halogens is 4. The molecule has 0 aliphatic rings. The molecule has 1 unspecified atom stereocenters. The van der Waals surface area contributed by atoms with Crippen LogP contribution in [0.1, 0.15) is 16.7 Å². The van der Waals surface area contributed by atoms with Crippen molar-refractivity contribution in [3.8, 4) is 11.5 Å². The van der Waals surface area contributed by atoms with Gasteiger partial charge in [-0.05, 0) is 29.3 Å². The molecule has 0 bridgehead atoms. The first-order chi connectivity index (χ1) is 13.5. The Morgan fingerprint density at radius 1 is 0.724 bits per heavy atom. The fourth-order valence-electron chi connectivity index (χ4n) is 3.18. The largest absolute Gasteiger partial charge is 0.504 e. The van der Waals surface area contributed by atoms with Crippen LogP contribution in [0.25, 0.3) is 0 Å². The minimum absolute atomic E-state index is 0.0507. The number of benzene rings is 3. The molecule has 0 amide bonds. The summed E-state index contributed by atoms with van der Waals surface area (Å²) in [5.41, 5.74) is -0.393. The van der Waals surface area contributed by atoms with Gasteiger partial charge in [0.1, 0.15) is 0 Å². The summed E-state index contributed by atoms with van der Waals surface area (Å²) in [5, 5.41) is 19.0. The smallest absolute Gasteiger partial charge is 0.283 e. The maximum Gasteiger partial charge on any atom is 0.283 e. The molecule has 1 atom stereocenters. The maximum atomic E-state index is 13.0. The minimum Gasteiger partial charge on any atom is -0.504 e. The molecule has 0 heterocycles. The van der Waals surface area contributed by atoms with Crippen molar-refractivity contribution in [1.82, 2.24) is 0 Å². The van der Waals surface area contributed by atoms with Gasteiger partial charge in [-0.25, -0.2) is 0 Å². The number of phenols is 2. The van der Waals surface area contributed by atoms with Crippen molar-refractivity contribution >= 4 is 56.5 Å². The number of aromatic hydroxyl groups is 2. The van der Waals surface area contributed by atoms with E-state index in [1.807, 2.05) is 0 Å². The van der Waals surface area contributed by atoms with Crippen LogP contribution in [0.3, 0.4) is 0 Å². The fraction of sp³-hybridized carbons (Fsp3) is 0.0526. The van der Waals surface area contributed by atoms with Crippen LogP contribution in [0.5, 0.6) is 11.5 Å². The molecular weight excluding hydrogens is 482 g/mol. The van der Waals surface area contributed by atoms with E-state index in [9.17, 15) is 23.2 Å². The van der Waals surface area contributed by atoms with E-state index in [0.717, 1.165) is 12.1 Å². The highest BCUT2D eigenvalue weighted by Gasteiger charge is 2.51. The highest BCUT2D eigenvalue weighted by molar-refractivity contribution is 7.87. The summed E-state index contributed by atoms with van der Waals surface area (Å²) in [6.07, 6.45) is 0. The van der Waals surface area contributed by atoms with E-state index in [1.165, 1.54) is 24.3 Å². The summed E-state index contributed by atoms with van der Waals surface area (Å²) in [6.45, 7) is 0.